The summed E-state index contributed by atoms with van der Waals surface area (Å²) in [7, 11) is -0.251. The molecule has 2 saturated carbocycles. The van der Waals surface area contributed by atoms with Crippen LogP contribution in [0.15, 0.2) is 41.9 Å². The summed E-state index contributed by atoms with van der Waals surface area (Å²) in [6, 6.07) is 9.96. The average molecular weight is 394 g/mol. The zero-order valence-electron chi connectivity index (χ0n) is 17.9. The fraction of sp³-hybridized carbons (Fsp3) is 0.625. The molecule has 5 heteroatoms. The molecule has 2 bridgehead atoms. The lowest BCUT2D eigenvalue weighted by molar-refractivity contribution is -0.173. The second kappa shape index (κ2) is 6.45. The molecule has 0 spiro atoms. The van der Waals surface area contributed by atoms with Crippen LogP contribution < -0.4 is 0 Å². The summed E-state index contributed by atoms with van der Waals surface area (Å²) in [4.78, 5) is 13.0. The van der Waals surface area contributed by atoms with E-state index in [-0.39, 0.29) is 29.7 Å². The van der Waals surface area contributed by atoms with Crippen molar-refractivity contribution < 1.29 is 18.8 Å². The summed E-state index contributed by atoms with van der Waals surface area (Å²) in [5.74, 6) is 1.41. The molecule has 29 heavy (non-hydrogen) atoms. The average Bonchev–Trinajstić information content (AvgIpc) is 2.98. The minimum absolute atomic E-state index is 0.0117. The summed E-state index contributed by atoms with van der Waals surface area (Å²) >= 11 is 0. The Labute approximate surface area is 174 Å². The minimum Gasteiger partial charge on any atom is -0.460 e. The highest BCUT2D eigenvalue weighted by atomic mass is 16.7. The second-order valence-corrected chi connectivity index (χ2v) is 10.5. The maximum absolute atomic E-state index is 13.0. The third-order valence-corrected chi connectivity index (χ3v) is 8.21. The number of benzene rings is 1. The van der Waals surface area contributed by atoms with Crippen molar-refractivity contribution >= 4 is 13.1 Å². The van der Waals surface area contributed by atoms with E-state index in [1.165, 1.54) is 5.47 Å². The van der Waals surface area contributed by atoms with Crippen molar-refractivity contribution in [1.29, 1.82) is 0 Å². The summed E-state index contributed by atoms with van der Waals surface area (Å²) in [5.41, 5.74) is 1.45. The molecule has 4 nitrogen and oxygen atoms in total. The summed E-state index contributed by atoms with van der Waals surface area (Å²) in [6.07, 6.45) is 6.28. The maximum Gasteiger partial charge on any atom is 0.490 e. The summed E-state index contributed by atoms with van der Waals surface area (Å²) in [6.45, 7) is 8.79. The van der Waals surface area contributed by atoms with E-state index in [1.807, 2.05) is 30.3 Å². The van der Waals surface area contributed by atoms with E-state index in [2.05, 4.69) is 33.8 Å². The van der Waals surface area contributed by atoms with Crippen LogP contribution in [0, 0.1) is 23.2 Å². The Kier molecular flexibility index (Phi) is 4.31. The zero-order chi connectivity index (χ0) is 20.4. The SMILES string of the molecule is CC1(C)OB(C2=CC3CC4C(C2)CC4(C(=O)OCc2ccccc2)C3)OC1(C)C. The Balaban J connectivity index is 1.28. The van der Waals surface area contributed by atoms with Crippen molar-refractivity contribution in [3.05, 3.63) is 47.4 Å². The fourth-order valence-electron chi connectivity index (χ4n) is 5.95. The van der Waals surface area contributed by atoms with Crippen molar-refractivity contribution in [2.75, 3.05) is 0 Å². The van der Waals surface area contributed by atoms with Gasteiger partial charge in [0.2, 0.25) is 0 Å². The Morgan fingerprint density at radius 2 is 1.79 bits per heavy atom. The number of ether oxygens (including phenoxy) is 1. The van der Waals surface area contributed by atoms with Gasteiger partial charge in [-0.25, -0.2) is 0 Å². The molecule has 5 rings (SSSR count). The van der Waals surface area contributed by atoms with E-state index in [9.17, 15) is 4.79 Å². The Morgan fingerprint density at radius 1 is 1.10 bits per heavy atom. The van der Waals surface area contributed by atoms with Gasteiger partial charge in [-0.2, -0.15) is 0 Å². The maximum atomic E-state index is 13.0. The molecule has 3 aliphatic carbocycles. The number of allylic oxidation sites excluding steroid dienone is 2. The van der Waals surface area contributed by atoms with Crippen LogP contribution in [0.2, 0.25) is 0 Å². The van der Waals surface area contributed by atoms with Gasteiger partial charge in [0.05, 0.1) is 16.6 Å². The lowest BCUT2D eigenvalue weighted by Gasteiger charge is -2.50. The van der Waals surface area contributed by atoms with Gasteiger partial charge in [0, 0.05) is 0 Å². The molecule has 1 aromatic rings. The molecule has 3 fully saturated rings. The Hall–Kier alpha value is -1.59. The third-order valence-electron chi connectivity index (χ3n) is 8.21. The third kappa shape index (κ3) is 3.00. The van der Waals surface area contributed by atoms with E-state index < -0.39 is 0 Å². The van der Waals surface area contributed by atoms with Gasteiger partial charge in [-0.05, 0) is 82.2 Å². The number of esters is 1. The van der Waals surface area contributed by atoms with Crippen molar-refractivity contribution in [3.63, 3.8) is 0 Å². The predicted octanol–water partition coefficient (Wildman–Crippen LogP) is 4.72. The van der Waals surface area contributed by atoms with Crippen molar-refractivity contribution in [2.24, 2.45) is 23.2 Å². The van der Waals surface area contributed by atoms with E-state index in [0.717, 1.165) is 31.2 Å². The monoisotopic (exact) mass is 394 g/mol. The topological polar surface area (TPSA) is 44.8 Å². The molecule has 4 atom stereocenters. The summed E-state index contributed by atoms with van der Waals surface area (Å²) < 4.78 is 18.4. The zero-order valence-corrected chi connectivity index (χ0v) is 17.9. The highest BCUT2D eigenvalue weighted by Crippen LogP contribution is 2.66. The van der Waals surface area contributed by atoms with Gasteiger partial charge in [0.25, 0.3) is 0 Å². The largest absolute Gasteiger partial charge is 0.490 e. The number of hydrogen-bond donors (Lipinski definition) is 0. The number of fused-ring (bicyclic) bond motifs is 1. The molecule has 0 aromatic heterocycles. The fourth-order valence-corrected chi connectivity index (χ4v) is 5.95. The van der Waals surface area contributed by atoms with Crippen LogP contribution in [0.5, 0.6) is 0 Å². The van der Waals surface area contributed by atoms with Crippen LogP contribution in [0.3, 0.4) is 0 Å². The quantitative estimate of drug-likeness (QED) is 0.548. The molecule has 1 aromatic carbocycles. The first-order valence-corrected chi connectivity index (χ1v) is 11.0. The number of hydrogen-bond acceptors (Lipinski definition) is 4. The first-order chi connectivity index (χ1) is 13.7. The van der Waals surface area contributed by atoms with Gasteiger partial charge >= 0.3 is 13.1 Å². The number of carbonyl (C=O) groups is 1. The van der Waals surface area contributed by atoms with Crippen LogP contribution >= 0.6 is 0 Å². The van der Waals surface area contributed by atoms with Crippen LogP contribution in [-0.4, -0.2) is 24.3 Å². The highest BCUT2D eigenvalue weighted by molar-refractivity contribution is 6.54. The molecule has 0 radical (unpaired) electrons. The van der Waals surface area contributed by atoms with E-state index in [4.69, 9.17) is 14.0 Å². The van der Waals surface area contributed by atoms with Gasteiger partial charge in [0.15, 0.2) is 0 Å². The van der Waals surface area contributed by atoms with Crippen LogP contribution in [0.25, 0.3) is 0 Å². The standard InChI is InChI=1S/C24H31BO4/c1-22(2)23(3,4)29-25(28-22)19-10-17-11-20-18(12-19)14-24(20,13-17)21(26)27-15-16-8-6-5-7-9-16/h5-10,17-18,20H,11-15H2,1-4H3. The normalized spacial score (nSPS) is 36.2. The first kappa shape index (κ1) is 19.4. The predicted molar refractivity (Wildman–Crippen MR) is 112 cm³/mol. The van der Waals surface area contributed by atoms with Gasteiger partial charge < -0.3 is 14.0 Å². The molecule has 4 aliphatic rings. The van der Waals surface area contributed by atoms with Gasteiger partial charge in [-0.15, -0.1) is 0 Å². The molecule has 0 amide bonds. The minimum atomic E-state index is -0.311. The molecule has 1 aliphatic heterocycles. The Bertz CT molecular complexity index is 830. The Morgan fingerprint density at radius 3 is 2.48 bits per heavy atom. The molecular weight excluding hydrogens is 363 g/mol. The van der Waals surface area contributed by atoms with Crippen LogP contribution in [-0.2, 0) is 25.4 Å². The molecule has 4 unspecified atom stereocenters. The van der Waals surface area contributed by atoms with Gasteiger partial charge in [-0.1, -0.05) is 36.4 Å². The van der Waals surface area contributed by atoms with E-state index in [0.29, 0.717) is 24.4 Å². The van der Waals surface area contributed by atoms with Gasteiger partial charge in [0.1, 0.15) is 6.61 Å². The first-order valence-electron chi connectivity index (χ1n) is 11.0. The van der Waals surface area contributed by atoms with Crippen LogP contribution in [0.4, 0.5) is 0 Å². The molecule has 154 valence electrons. The van der Waals surface area contributed by atoms with E-state index in [1.54, 1.807) is 0 Å². The molecule has 1 heterocycles. The lowest BCUT2D eigenvalue weighted by Crippen LogP contribution is -2.51. The van der Waals surface area contributed by atoms with E-state index >= 15 is 0 Å². The molecule has 0 N–H and O–H groups in total. The number of rotatable bonds is 4. The number of carbonyl (C=O) groups excluding carboxylic acids is 1. The smallest absolute Gasteiger partial charge is 0.460 e. The molecular formula is C24H31BO4. The van der Waals surface area contributed by atoms with Gasteiger partial charge in [-0.3, -0.25) is 4.79 Å². The van der Waals surface area contributed by atoms with Crippen LogP contribution in [0.1, 0.15) is 58.9 Å². The van der Waals surface area contributed by atoms with Crippen molar-refractivity contribution in [1.82, 2.24) is 0 Å². The summed E-state index contributed by atoms with van der Waals surface area (Å²) in [5, 5.41) is 0. The second-order valence-electron chi connectivity index (χ2n) is 10.5. The molecule has 1 saturated heterocycles. The van der Waals surface area contributed by atoms with Crippen molar-refractivity contribution in [2.45, 2.75) is 71.2 Å². The highest BCUT2D eigenvalue weighted by Gasteiger charge is 2.65. The van der Waals surface area contributed by atoms with Crippen molar-refractivity contribution in [3.8, 4) is 0 Å². The lowest BCUT2D eigenvalue weighted by atomic mass is 9.52.